The molecule has 0 amide bonds. The molecule has 0 radical (unpaired) electrons. The van der Waals surface area contributed by atoms with E-state index in [1.807, 2.05) is 0 Å². The fraction of sp³-hybridized carbons (Fsp3) is 0.375. The quantitative estimate of drug-likeness (QED) is 0.636. The molecule has 0 fully saturated rings. The third kappa shape index (κ3) is 2.15. The second kappa shape index (κ2) is 3.86. The van der Waals surface area contributed by atoms with Crippen LogP contribution in [0, 0.1) is 13.8 Å². The maximum Gasteiger partial charge on any atom is 0.354 e. The van der Waals surface area contributed by atoms with Gasteiger partial charge in [-0.2, -0.15) is 0 Å². The van der Waals surface area contributed by atoms with E-state index < -0.39 is 15.0 Å². The SMILES string of the molecule is COC(=O)c1[nH]c(C)c(S(=O)(=O)Cl)c1C. The van der Waals surface area contributed by atoms with Gasteiger partial charge in [0.25, 0.3) is 9.05 Å². The highest BCUT2D eigenvalue weighted by Crippen LogP contribution is 2.26. The van der Waals surface area contributed by atoms with Crippen molar-refractivity contribution in [2.24, 2.45) is 0 Å². The largest absolute Gasteiger partial charge is 0.464 e. The minimum absolute atomic E-state index is 0.0652. The lowest BCUT2D eigenvalue weighted by Gasteiger charge is -1.97. The highest BCUT2D eigenvalue weighted by Gasteiger charge is 2.25. The lowest BCUT2D eigenvalue weighted by atomic mass is 10.2. The van der Waals surface area contributed by atoms with Crippen molar-refractivity contribution in [2.45, 2.75) is 18.7 Å². The molecule has 0 saturated heterocycles. The molecule has 7 heteroatoms. The first-order valence-electron chi connectivity index (χ1n) is 4.01. The predicted octanol–water partition coefficient (Wildman–Crippen LogP) is 1.35. The van der Waals surface area contributed by atoms with Gasteiger partial charge in [-0.25, -0.2) is 13.2 Å². The van der Waals surface area contributed by atoms with E-state index in [0.29, 0.717) is 5.69 Å². The Morgan fingerprint density at radius 3 is 2.27 bits per heavy atom. The van der Waals surface area contributed by atoms with Gasteiger partial charge in [0.05, 0.1) is 7.11 Å². The second-order valence-corrected chi connectivity index (χ2v) is 5.51. The summed E-state index contributed by atoms with van der Waals surface area (Å²) in [7, 11) is 2.59. The standard InChI is InChI=1S/C8H10ClNO4S/c1-4-6(8(11)14-3)10-5(2)7(4)15(9,12)13/h10H,1-3H3. The summed E-state index contributed by atoms with van der Waals surface area (Å²) in [6.45, 7) is 3.01. The van der Waals surface area contributed by atoms with Crippen LogP contribution >= 0.6 is 10.7 Å². The molecule has 0 unspecified atom stereocenters. The zero-order valence-corrected chi connectivity index (χ0v) is 9.99. The smallest absolute Gasteiger partial charge is 0.354 e. The maximum absolute atomic E-state index is 11.2. The van der Waals surface area contributed by atoms with E-state index in [1.54, 1.807) is 0 Å². The Balaban J connectivity index is 3.47. The second-order valence-electron chi connectivity index (χ2n) is 3.01. The maximum atomic E-state index is 11.2. The van der Waals surface area contributed by atoms with Crippen molar-refractivity contribution < 1.29 is 17.9 Å². The minimum atomic E-state index is -3.85. The van der Waals surface area contributed by atoms with E-state index in [2.05, 4.69) is 9.72 Å². The van der Waals surface area contributed by atoms with Crippen molar-refractivity contribution in [3.05, 3.63) is 17.0 Å². The van der Waals surface area contributed by atoms with Gasteiger partial charge in [-0.05, 0) is 13.8 Å². The lowest BCUT2D eigenvalue weighted by molar-refractivity contribution is 0.0593. The molecule has 0 atom stereocenters. The average molecular weight is 252 g/mol. The van der Waals surface area contributed by atoms with Crippen LogP contribution in [0.2, 0.25) is 0 Å². The van der Waals surface area contributed by atoms with E-state index in [-0.39, 0.29) is 16.2 Å². The first-order valence-corrected chi connectivity index (χ1v) is 6.32. The van der Waals surface area contributed by atoms with E-state index >= 15 is 0 Å². The summed E-state index contributed by atoms with van der Waals surface area (Å²) in [6, 6.07) is 0. The molecule has 84 valence electrons. The topological polar surface area (TPSA) is 76.2 Å². The first-order chi connectivity index (χ1) is 6.79. The molecule has 15 heavy (non-hydrogen) atoms. The van der Waals surface area contributed by atoms with Crippen molar-refractivity contribution in [3.8, 4) is 0 Å². The normalized spacial score (nSPS) is 11.5. The van der Waals surface area contributed by atoms with E-state index in [9.17, 15) is 13.2 Å². The summed E-state index contributed by atoms with van der Waals surface area (Å²) in [5.74, 6) is -0.623. The summed E-state index contributed by atoms with van der Waals surface area (Å²) >= 11 is 0. The molecule has 0 aliphatic rings. The Hall–Kier alpha value is -1.01. The van der Waals surface area contributed by atoms with Crippen LogP contribution in [0.5, 0.6) is 0 Å². The molecule has 0 aliphatic carbocycles. The summed E-state index contributed by atoms with van der Waals surface area (Å²) in [6.07, 6.45) is 0. The van der Waals surface area contributed by atoms with Crippen LogP contribution in [0.3, 0.4) is 0 Å². The van der Waals surface area contributed by atoms with E-state index in [4.69, 9.17) is 10.7 Å². The minimum Gasteiger partial charge on any atom is -0.464 e. The van der Waals surface area contributed by atoms with Crippen LogP contribution in [-0.2, 0) is 13.8 Å². The molecular weight excluding hydrogens is 242 g/mol. The van der Waals surface area contributed by atoms with Gasteiger partial charge in [-0.1, -0.05) is 0 Å². The number of aryl methyl sites for hydroxylation is 1. The Morgan fingerprint density at radius 1 is 1.40 bits per heavy atom. The van der Waals surface area contributed by atoms with Gasteiger partial charge in [0.1, 0.15) is 10.6 Å². The van der Waals surface area contributed by atoms with Crippen LogP contribution < -0.4 is 0 Å². The molecule has 0 spiro atoms. The van der Waals surface area contributed by atoms with Gasteiger partial charge in [0.2, 0.25) is 0 Å². The number of aromatic amines is 1. The molecule has 5 nitrogen and oxygen atoms in total. The lowest BCUT2D eigenvalue weighted by Crippen LogP contribution is -2.03. The number of ether oxygens (including phenoxy) is 1. The zero-order chi connectivity index (χ0) is 11.8. The fourth-order valence-corrected chi connectivity index (χ4v) is 2.98. The van der Waals surface area contributed by atoms with Gasteiger partial charge in [0, 0.05) is 21.9 Å². The molecule has 1 N–H and O–H groups in total. The van der Waals surface area contributed by atoms with E-state index in [0.717, 1.165) is 0 Å². The number of carbonyl (C=O) groups is 1. The van der Waals surface area contributed by atoms with Gasteiger partial charge < -0.3 is 9.72 Å². The number of esters is 1. The molecule has 0 bridgehead atoms. The Bertz CT molecular complexity index is 503. The van der Waals surface area contributed by atoms with Crippen LogP contribution in [0.25, 0.3) is 0 Å². The van der Waals surface area contributed by atoms with Crippen molar-refractivity contribution in [1.29, 1.82) is 0 Å². The Kier molecular flexibility index (Phi) is 3.11. The van der Waals surface area contributed by atoms with Crippen molar-refractivity contribution in [1.82, 2.24) is 4.98 Å². The number of nitrogens with one attached hydrogen (secondary N) is 1. The first kappa shape index (κ1) is 12.1. The molecule has 1 aromatic rings. The van der Waals surface area contributed by atoms with Crippen LogP contribution in [0.15, 0.2) is 4.90 Å². The number of carbonyl (C=O) groups excluding carboxylic acids is 1. The van der Waals surface area contributed by atoms with Crippen LogP contribution in [0.1, 0.15) is 21.7 Å². The van der Waals surface area contributed by atoms with Crippen LogP contribution in [-0.4, -0.2) is 26.5 Å². The Labute approximate surface area is 91.8 Å². The van der Waals surface area contributed by atoms with Crippen molar-refractivity contribution in [3.63, 3.8) is 0 Å². The number of rotatable bonds is 2. The predicted molar refractivity (Wildman–Crippen MR) is 54.6 cm³/mol. The third-order valence-corrected chi connectivity index (χ3v) is 3.56. The highest BCUT2D eigenvalue weighted by atomic mass is 35.7. The molecule has 1 aromatic heterocycles. The number of hydrogen-bond donors (Lipinski definition) is 1. The zero-order valence-electron chi connectivity index (χ0n) is 8.42. The van der Waals surface area contributed by atoms with Crippen molar-refractivity contribution >= 4 is 25.7 Å². The molecular formula is C8H10ClNO4S. The van der Waals surface area contributed by atoms with Gasteiger partial charge in [0.15, 0.2) is 0 Å². The third-order valence-electron chi connectivity index (χ3n) is 2.00. The summed E-state index contributed by atoms with van der Waals surface area (Å²) in [5.41, 5.74) is 0.700. The molecule has 0 aromatic carbocycles. The van der Waals surface area contributed by atoms with Gasteiger partial charge >= 0.3 is 5.97 Å². The number of aromatic nitrogens is 1. The average Bonchev–Trinajstić information content (AvgIpc) is 2.39. The summed E-state index contributed by atoms with van der Waals surface area (Å²) in [4.78, 5) is 13.8. The van der Waals surface area contributed by atoms with Crippen molar-refractivity contribution in [2.75, 3.05) is 7.11 Å². The number of methoxy groups -OCH3 is 1. The fourth-order valence-electron chi connectivity index (χ4n) is 1.40. The number of hydrogen-bond acceptors (Lipinski definition) is 4. The number of halogens is 1. The molecule has 1 rings (SSSR count). The molecule has 0 saturated carbocycles. The number of H-pyrrole nitrogens is 1. The van der Waals surface area contributed by atoms with Gasteiger partial charge in [-0.3, -0.25) is 0 Å². The molecule has 0 aliphatic heterocycles. The van der Waals surface area contributed by atoms with Crippen LogP contribution in [0.4, 0.5) is 0 Å². The molecule has 1 heterocycles. The van der Waals surface area contributed by atoms with E-state index in [1.165, 1.54) is 21.0 Å². The summed E-state index contributed by atoms with van der Waals surface area (Å²) in [5, 5.41) is 0. The van der Waals surface area contributed by atoms with Gasteiger partial charge in [-0.15, -0.1) is 0 Å². The summed E-state index contributed by atoms with van der Waals surface area (Å²) < 4.78 is 26.9. The monoisotopic (exact) mass is 251 g/mol. The highest BCUT2D eigenvalue weighted by molar-refractivity contribution is 8.13. The Morgan fingerprint density at radius 2 is 1.93 bits per heavy atom.